The fraction of sp³-hybridized carbons (Fsp3) is 0.714. The first-order chi connectivity index (χ1) is 13.1. The zero-order valence-corrected chi connectivity index (χ0v) is 16.9. The normalized spacial score (nSPS) is 14.9. The second kappa shape index (κ2) is 13.6. The number of benzene rings is 1. The summed E-state index contributed by atoms with van der Waals surface area (Å²) in [6, 6.07) is 9.28. The molecule has 0 fully saturated rings. The van der Waals surface area contributed by atoms with Crippen molar-refractivity contribution in [3.8, 4) is 0 Å². The Kier molecular flexibility index (Phi) is 11.9. The monoisotopic (exact) mass is 381 g/mol. The first-order valence-corrected chi connectivity index (χ1v) is 10.0. The molecule has 0 amide bonds. The Morgan fingerprint density at radius 3 is 2.07 bits per heavy atom. The fourth-order valence-corrected chi connectivity index (χ4v) is 3.70. The van der Waals surface area contributed by atoms with Crippen molar-refractivity contribution in [3.63, 3.8) is 0 Å². The molecule has 0 bridgehead atoms. The van der Waals surface area contributed by atoms with Crippen LogP contribution in [-0.2, 0) is 9.47 Å². The van der Waals surface area contributed by atoms with Crippen LogP contribution in [0.2, 0.25) is 0 Å². The largest absolute Gasteiger partial charge is 0.396 e. The third-order valence-corrected chi connectivity index (χ3v) is 5.19. The summed E-state index contributed by atoms with van der Waals surface area (Å²) in [5, 5.41) is 21.4. The van der Waals surface area contributed by atoms with Crippen LogP contribution in [0.4, 0.5) is 0 Å². The molecule has 1 aromatic rings. The maximum absolute atomic E-state index is 11.9. The fourth-order valence-electron chi connectivity index (χ4n) is 3.70. The molecule has 27 heavy (non-hydrogen) atoms. The number of hydrogen-bond acceptors (Lipinski definition) is 5. The summed E-state index contributed by atoms with van der Waals surface area (Å²) < 4.78 is 11.0. The second-order valence-corrected chi connectivity index (χ2v) is 6.87. The van der Waals surface area contributed by atoms with Crippen LogP contribution < -0.4 is 0 Å². The lowest BCUT2D eigenvalue weighted by atomic mass is 9.77. The molecule has 6 nitrogen and oxygen atoms in total. The molecule has 1 N–H and O–H groups in total. The Hall–Kier alpha value is -1.50. The number of aliphatic hydroxyl groups is 1. The minimum atomic E-state index is -0.724. The smallest absolute Gasteiger partial charge is 0.220 e. The Morgan fingerprint density at radius 1 is 1.04 bits per heavy atom. The quantitative estimate of drug-likeness (QED) is 0.368. The van der Waals surface area contributed by atoms with E-state index in [0.29, 0.717) is 39.3 Å². The number of rotatable bonds is 15. The van der Waals surface area contributed by atoms with Gasteiger partial charge in [0.15, 0.2) is 0 Å². The molecule has 0 radical (unpaired) electrons. The molecule has 6 heteroatoms. The van der Waals surface area contributed by atoms with Crippen molar-refractivity contribution in [3.05, 3.63) is 46.0 Å². The summed E-state index contributed by atoms with van der Waals surface area (Å²) in [7, 11) is 0. The van der Waals surface area contributed by atoms with Crippen LogP contribution in [-0.4, -0.2) is 49.1 Å². The molecule has 0 aliphatic carbocycles. The summed E-state index contributed by atoms with van der Waals surface area (Å²) in [6.45, 7) is 7.63. The van der Waals surface area contributed by atoms with Gasteiger partial charge in [-0.1, -0.05) is 43.7 Å². The molecule has 0 saturated heterocycles. The van der Waals surface area contributed by atoms with Crippen molar-refractivity contribution in [1.82, 2.24) is 0 Å². The minimum absolute atomic E-state index is 0.0700. The van der Waals surface area contributed by atoms with Crippen LogP contribution in [0.25, 0.3) is 0 Å². The van der Waals surface area contributed by atoms with Gasteiger partial charge in [0.25, 0.3) is 0 Å². The van der Waals surface area contributed by atoms with Crippen LogP contribution in [0.3, 0.4) is 0 Å². The van der Waals surface area contributed by atoms with Gasteiger partial charge in [-0.2, -0.15) is 0 Å². The predicted octanol–water partition coefficient (Wildman–Crippen LogP) is 3.90. The van der Waals surface area contributed by atoms with Crippen molar-refractivity contribution in [2.75, 3.05) is 33.0 Å². The van der Waals surface area contributed by atoms with E-state index in [0.717, 1.165) is 12.0 Å². The predicted molar refractivity (Wildman–Crippen MR) is 107 cm³/mol. The van der Waals surface area contributed by atoms with Gasteiger partial charge in [-0.15, -0.1) is 0 Å². The number of nitro groups is 1. The highest BCUT2D eigenvalue weighted by atomic mass is 16.6. The average Bonchev–Trinajstić information content (AvgIpc) is 2.69. The standard InChI is InChI=1S/C21H35NO5/c1-4-17(20(12-13-23)18-10-8-7-9-11-18)14-21(22(24)25)19(15-26-5-2)16-27-6-3/h7-11,17,19-21,23H,4-6,12-16H2,1-3H3. The third-order valence-electron chi connectivity index (χ3n) is 5.19. The molecule has 0 heterocycles. The number of ether oxygens (including phenoxy) is 2. The molecule has 1 aromatic carbocycles. The van der Waals surface area contributed by atoms with Crippen molar-refractivity contribution >= 4 is 0 Å². The molecule has 0 aliphatic heterocycles. The highest BCUT2D eigenvalue weighted by molar-refractivity contribution is 5.20. The van der Waals surface area contributed by atoms with E-state index in [9.17, 15) is 15.2 Å². The molecule has 0 spiro atoms. The highest BCUT2D eigenvalue weighted by Gasteiger charge is 2.36. The lowest BCUT2D eigenvalue weighted by Crippen LogP contribution is -2.38. The first-order valence-electron chi connectivity index (χ1n) is 10.0. The zero-order valence-electron chi connectivity index (χ0n) is 16.9. The van der Waals surface area contributed by atoms with Gasteiger partial charge in [-0.05, 0) is 37.7 Å². The van der Waals surface area contributed by atoms with Gasteiger partial charge in [0, 0.05) is 31.2 Å². The molecule has 3 unspecified atom stereocenters. The van der Waals surface area contributed by atoms with Crippen LogP contribution in [0, 0.1) is 22.0 Å². The Labute approximate surface area is 163 Å². The van der Waals surface area contributed by atoms with E-state index >= 15 is 0 Å². The highest BCUT2D eigenvalue weighted by Crippen LogP contribution is 2.35. The molecule has 0 saturated carbocycles. The van der Waals surface area contributed by atoms with Crippen molar-refractivity contribution in [2.24, 2.45) is 11.8 Å². The van der Waals surface area contributed by atoms with Crippen molar-refractivity contribution < 1.29 is 19.5 Å². The topological polar surface area (TPSA) is 81.8 Å². The van der Waals surface area contributed by atoms with Crippen molar-refractivity contribution in [1.29, 1.82) is 0 Å². The van der Waals surface area contributed by atoms with Crippen LogP contribution in [0.15, 0.2) is 30.3 Å². The minimum Gasteiger partial charge on any atom is -0.396 e. The van der Waals surface area contributed by atoms with Crippen LogP contribution in [0.5, 0.6) is 0 Å². The first kappa shape index (κ1) is 23.5. The third kappa shape index (κ3) is 7.95. The molecule has 3 atom stereocenters. The SMILES string of the molecule is CCOCC(COCC)C(CC(CC)C(CCO)c1ccccc1)[N+](=O)[O-]. The van der Waals surface area contributed by atoms with Gasteiger partial charge in [-0.3, -0.25) is 10.1 Å². The van der Waals surface area contributed by atoms with E-state index in [1.165, 1.54) is 0 Å². The molecule has 0 aliphatic rings. The van der Waals surface area contributed by atoms with E-state index < -0.39 is 6.04 Å². The Balaban J connectivity index is 3.01. The number of nitrogens with zero attached hydrogens (tertiary/aromatic N) is 1. The lowest BCUT2D eigenvalue weighted by molar-refractivity contribution is -0.536. The summed E-state index contributed by atoms with van der Waals surface area (Å²) >= 11 is 0. The zero-order chi connectivity index (χ0) is 20.1. The molecule has 1 rings (SSSR count). The summed E-state index contributed by atoms with van der Waals surface area (Å²) in [4.78, 5) is 11.7. The van der Waals surface area contributed by atoms with Gasteiger partial charge >= 0.3 is 0 Å². The molecule has 154 valence electrons. The van der Waals surface area contributed by atoms with Gasteiger partial charge in [0.1, 0.15) is 0 Å². The van der Waals surface area contributed by atoms with Crippen LogP contribution >= 0.6 is 0 Å². The van der Waals surface area contributed by atoms with Gasteiger partial charge in [0.2, 0.25) is 6.04 Å². The van der Waals surface area contributed by atoms with Crippen LogP contribution in [0.1, 0.15) is 51.5 Å². The second-order valence-electron chi connectivity index (χ2n) is 6.87. The Morgan fingerprint density at radius 2 is 1.63 bits per heavy atom. The maximum atomic E-state index is 11.9. The van der Waals surface area contributed by atoms with E-state index in [4.69, 9.17) is 9.47 Å². The average molecular weight is 382 g/mol. The molecular formula is C21H35NO5. The lowest BCUT2D eigenvalue weighted by Gasteiger charge is -2.29. The number of hydrogen-bond donors (Lipinski definition) is 1. The summed E-state index contributed by atoms with van der Waals surface area (Å²) in [5.74, 6) is -0.0660. The van der Waals surface area contributed by atoms with E-state index in [2.05, 4.69) is 6.92 Å². The molecule has 0 aromatic heterocycles. The van der Waals surface area contributed by atoms with Gasteiger partial charge < -0.3 is 14.6 Å². The van der Waals surface area contributed by atoms with E-state index in [-0.39, 0.29) is 29.3 Å². The van der Waals surface area contributed by atoms with E-state index in [1.807, 2.05) is 44.2 Å². The molecular weight excluding hydrogens is 346 g/mol. The maximum Gasteiger partial charge on any atom is 0.220 e. The van der Waals surface area contributed by atoms with Gasteiger partial charge in [-0.25, -0.2) is 0 Å². The van der Waals surface area contributed by atoms with Crippen molar-refractivity contribution in [2.45, 2.75) is 52.0 Å². The number of aliphatic hydroxyl groups excluding tert-OH is 1. The van der Waals surface area contributed by atoms with E-state index in [1.54, 1.807) is 0 Å². The van der Waals surface area contributed by atoms with Gasteiger partial charge in [0.05, 0.1) is 19.1 Å². The Bertz CT molecular complexity index is 503. The summed E-state index contributed by atoms with van der Waals surface area (Å²) in [6.07, 6.45) is 1.88. The summed E-state index contributed by atoms with van der Waals surface area (Å²) in [5.41, 5.74) is 1.13.